The lowest BCUT2D eigenvalue weighted by Crippen LogP contribution is -2.53. The number of sulfonamides is 1. The van der Waals surface area contributed by atoms with Crippen LogP contribution < -0.4 is 19.1 Å². The summed E-state index contributed by atoms with van der Waals surface area (Å²) in [6.07, 6.45) is 0.953. The Bertz CT molecular complexity index is 1650. The van der Waals surface area contributed by atoms with Gasteiger partial charge in [-0.15, -0.1) is 0 Å². The van der Waals surface area contributed by atoms with Crippen LogP contribution in [0.15, 0.2) is 114 Å². The lowest BCUT2D eigenvalue weighted by Gasteiger charge is -2.34. The van der Waals surface area contributed by atoms with Crippen LogP contribution in [0.4, 0.5) is 5.69 Å². The second kappa shape index (κ2) is 15.8. The average Bonchev–Trinajstić information content (AvgIpc) is 3.08. The van der Waals surface area contributed by atoms with Crippen molar-refractivity contribution in [3.8, 4) is 11.5 Å². The van der Waals surface area contributed by atoms with E-state index in [2.05, 4.69) is 5.32 Å². The lowest BCUT2D eigenvalue weighted by molar-refractivity contribution is -0.140. The number of nitrogens with zero attached hydrogens (tertiary/aromatic N) is 2. The molecule has 1 N–H and O–H groups in total. The molecule has 0 aliphatic carbocycles. The van der Waals surface area contributed by atoms with Crippen LogP contribution in [0.3, 0.4) is 0 Å². The SMILES string of the molecule is CCCNC(=O)C(Cc1ccccc1)N(Cc1cccc(OC)c1)C(=O)CN(c1ccc(OC)cc1)S(=O)(=O)c1ccccc1. The fourth-order valence-electron chi connectivity index (χ4n) is 4.88. The van der Waals surface area contributed by atoms with Gasteiger partial charge in [0, 0.05) is 19.5 Å². The van der Waals surface area contributed by atoms with Gasteiger partial charge in [0.15, 0.2) is 0 Å². The van der Waals surface area contributed by atoms with Gasteiger partial charge in [-0.3, -0.25) is 13.9 Å². The zero-order chi connectivity index (χ0) is 32.2. The first-order chi connectivity index (χ1) is 21.8. The Kier molecular flexibility index (Phi) is 11.6. The molecule has 45 heavy (non-hydrogen) atoms. The molecule has 9 nitrogen and oxygen atoms in total. The largest absolute Gasteiger partial charge is 0.497 e. The predicted molar refractivity (Wildman–Crippen MR) is 175 cm³/mol. The minimum Gasteiger partial charge on any atom is -0.497 e. The molecule has 0 spiro atoms. The molecule has 0 aliphatic heterocycles. The number of benzene rings is 4. The maximum Gasteiger partial charge on any atom is 0.264 e. The Morgan fingerprint density at radius 2 is 1.40 bits per heavy atom. The molecule has 1 unspecified atom stereocenters. The van der Waals surface area contributed by atoms with E-state index in [9.17, 15) is 18.0 Å². The Balaban J connectivity index is 1.80. The van der Waals surface area contributed by atoms with Crippen molar-refractivity contribution in [1.29, 1.82) is 0 Å². The number of methoxy groups -OCH3 is 2. The van der Waals surface area contributed by atoms with Crippen molar-refractivity contribution in [1.82, 2.24) is 10.2 Å². The summed E-state index contributed by atoms with van der Waals surface area (Å²) < 4.78 is 39.9. The minimum atomic E-state index is -4.18. The molecular formula is C35H39N3O6S. The highest BCUT2D eigenvalue weighted by atomic mass is 32.2. The molecule has 0 bridgehead atoms. The number of amides is 2. The van der Waals surface area contributed by atoms with E-state index in [4.69, 9.17) is 9.47 Å². The highest BCUT2D eigenvalue weighted by Crippen LogP contribution is 2.27. The fourth-order valence-corrected chi connectivity index (χ4v) is 6.32. The topological polar surface area (TPSA) is 105 Å². The Hall–Kier alpha value is -4.83. The van der Waals surface area contributed by atoms with Gasteiger partial charge < -0.3 is 19.7 Å². The summed E-state index contributed by atoms with van der Waals surface area (Å²) in [5, 5.41) is 2.95. The molecule has 0 aromatic heterocycles. The summed E-state index contributed by atoms with van der Waals surface area (Å²) in [6.45, 7) is 1.90. The molecule has 4 rings (SSSR count). The van der Waals surface area contributed by atoms with Gasteiger partial charge in [-0.05, 0) is 66.1 Å². The normalized spacial score (nSPS) is 11.7. The maximum absolute atomic E-state index is 14.5. The Morgan fingerprint density at radius 1 is 0.778 bits per heavy atom. The van der Waals surface area contributed by atoms with E-state index >= 15 is 0 Å². The summed E-state index contributed by atoms with van der Waals surface area (Å²) in [4.78, 5) is 29.7. The van der Waals surface area contributed by atoms with E-state index in [1.54, 1.807) is 61.7 Å². The molecular weight excluding hydrogens is 590 g/mol. The van der Waals surface area contributed by atoms with Crippen molar-refractivity contribution in [2.45, 2.75) is 37.2 Å². The van der Waals surface area contributed by atoms with Gasteiger partial charge in [-0.25, -0.2) is 8.42 Å². The molecule has 0 radical (unpaired) electrons. The Labute approximate surface area is 265 Å². The van der Waals surface area contributed by atoms with Gasteiger partial charge in [0.05, 0.1) is 24.8 Å². The van der Waals surface area contributed by atoms with Crippen molar-refractivity contribution < 1.29 is 27.5 Å². The standard InChI is InChI=1S/C35H39N3O6S/c1-4-22-36-35(40)33(24-27-12-7-5-8-13-27)37(25-28-14-11-15-31(23-28)44-3)34(39)26-38(29-18-20-30(43-2)21-19-29)45(41,42)32-16-9-6-10-17-32/h5-21,23,33H,4,22,24-26H2,1-3H3,(H,36,40). The molecule has 236 valence electrons. The summed E-state index contributed by atoms with van der Waals surface area (Å²) in [7, 11) is -1.11. The molecule has 0 heterocycles. The molecule has 1 atom stereocenters. The number of carbonyl (C=O) groups excluding carboxylic acids is 2. The highest BCUT2D eigenvalue weighted by molar-refractivity contribution is 7.92. The molecule has 4 aromatic rings. The monoisotopic (exact) mass is 629 g/mol. The van der Waals surface area contributed by atoms with Gasteiger partial charge in [0.25, 0.3) is 10.0 Å². The van der Waals surface area contributed by atoms with Crippen LogP contribution in [-0.2, 0) is 32.6 Å². The molecule has 2 amide bonds. The van der Waals surface area contributed by atoms with Crippen molar-refractivity contribution in [3.63, 3.8) is 0 Å². The van der Waals surface area contributed by atoms with Gasteiger partial charge >= 0.3 is 0 Å². The van der Waals surface area contributed by atoms with Crippen LogP contribution in [0.25, 0.3) is 0 Å². The van der Waals surface area contributed by atoms with E-state index in [1.807, 2.05) is 49.4 Å². The summed E-state index contributed by atoms with van der Waals surface area (Å²) in [5.41, 5.74) is 1.87. The van der Waals surface area contributed by atoms with Gasteiger partial charge in [-0.1, -0.05) is 67.6 Å². The first kappa shape index (κ1) is 33.1. The number of rotatable bonds is 15. The van der Waals surface area contributed by atoms with Gasteiger partial charge in [0.1, 0.15) is 24.1 Å². The van der Waals surface area contributed by atoms with Gasteiger partial charge in [-0.2, -0.15) is 0 Å². The van der Waals surface area contributed by atoms with E-state index in [0.717, 1.165) is 15.4 Å². The average molecular weight is 630 g/mol. The summed E-state index contributed by atoms with van der Waals surface area (Å²) >= 11 is 0. The number of nitrogens with one attached hydrogen (secondary N) is 1. The third-order valence-corrected chi connectivity index (χ3v) is 9.07. The minimum absolute atomic E-state index is 0.0366. The van der Waals surface area contributed by atoms with Crippen LogP contribution in [0, 0.1) is 0 Å². The zero-order valence-electron chi connectivity index (χ0n) is 25.8. The molecule has 0 fully saturated rings. The maximum atomic E-state index is 14.5. The van der Waals surface area contributed by atoms with E-state index in [0.29, 0.717) is 24.5 Å². The van der Waals surface area contributed by atoms with E-state index < -0.39 is 28.5 Å². The second-order valence-electron chi connectivity index (χ2n) is 10.4. The van der Waals surface area contributed by atoms with Crippen molar-refractivity contribution in [3.05, 3.63) is 120 Å². The van der Waals surface area contributed by atoms with Crippen LogP contribution in [-0.4, -0.2) is 58.5 Å². The van der Waals surface area contributed by atoms with Gasteiger partial charge in [0.2, 0.25) is 11.8 Å². The zero-order valence-corrected chi connectivity index (χ0v) is 26.6. The number of anilines is 1. The third-order valence-electron chi connectivity index (χ3n) is 7.28. The fraction of sp³-hybridized carbons (Fsp3) is 0.257. The van der Waals surface area contributed by atoms with E-state index in [-0.39, 0.29) is 29.5 Å². The first-order valence-corrected chi connectivity index (χ1v) is 16.2. The molecule has 0 saturated carbocycles. The van der Waals surface area contributed by atoms with Crippen molar-refractivity contribution >= 4 is 27.5 Å². The predicted octanol–water partition coefficient (Wildman–Crippen LogP) is 5.07. The van der Waals surface area contributed by atoms with Crippen LogP contribution in [0.5, 0.6) is 11.5 Å². The smallest absolute Gasteiger partial charge is 0.264 e. The first-order valence-electron chi connectivity index (χ1n) is 14.7. The quantitative estimate of drug-likeness (QED) is 0.197. The number of carbonyl (C=O) groups is 2. The summed E-state index contributed by atoms with van der Waals surface area (Å²) in [5.74, 6) is 0.276. The molecule has 4 aromatic carbocycles. The number of hydrogen-bond acceptors (Lipinski definition) is 6. The molecule has 0 aliphatic rings. The van der Waals surface area contributed by atoms with Crippen molar-refractivity contribution in [2.75, 3.05) is 31.6 Å². The second-order valence-corrected chi connectivity index (χ2v) is 12.3. The Morgan fingerprint density at radius 3 is 2.02 bits per heavy atom. The third kappa shape index (κ3) is 8.63. The van der Waals surface area contributed by atoms with Crippen LogP contribution >= 0.6 is 0 Å². The van der Waals surface area contributed by atoms with E-state index in [1.165, 1.54) is 24.1 Å². The highest BCUT2D eigenvalue weighted by Gasteiger charge is 2.34. The number of ether oxygens (including phenoxy) is 2. The lowest BCUT2D eigenvalue weighted by atomic mass is 10.0. The van der Waals surface area contributed by atoms with Crippen molar-refractivity contribution in [2.24, 2.45) is 0 Å². The van der Waals surface area contributed by atoms with Crippen LogP contribution in [0.1, 0.15) is 24.5 Å². The molecule has 0 saturated heterocycles. The number of hydrogen-bond donors (Lipinski definition) is 1. The van der Waals surface area contributed by atoms with Crippen LogP contribution in [0.2, 0.25) is 0 Å². The summed E-state index contributed by atoms with van der Waals surface area (Å²) in [6, 6.07) is 30.2. The molecule has 10 heteroatoms.